The highest BCUT2D eigenvalue weighted by Crippen LogP contribution is 2.69. The number of hydrogen-bond acceptors (Lipinski definition) is 9. The Hall–Kier alpha value is -3.90. The van der Waals surface area contributed by atoms with E-state index in [1.807, 2.05) is 12.1 Å². The molecule has 7 rings (SSSR count). The van der Waals surface area contributed by atoms with E-state index in [0.717, 1.165) is 26.1 Å². The van der Waals surface area contributed by atoms with Gasteiger partial charge in [0.05, 0.1) is 29.0 Å². The third-order valence-electron chi connectivity index (χ3n) is 9.46. The van der Waals surface area contributed by atoms with E-state index in [0.29, 0.717) is 23.2 Å². The number of ether oxygens (including phenoxy) is 1. The number of imide groups is 1. The van der Waals surface area contributed by atoms with E-state index in [4.69, 9.17) is 4.74 Å². The summed E-state index contributed by atoms with van der Waals surface area (Å²) in [7, 11) is 0. The molecule has 222 valence electrons. The number of anilines is 1. The van der Waals surface area contributed by atoms with E-state index in [1.54, 1.807) is 62.0 Å². The largest absolute Gasteiger partial charge is 0.508 e. The first-order chi connectivity index (χ1) is 20.7. The van der Waals surface area contributed by atoms with Gasteiger partial charge in [0.25, 0.3) is 0 Å². The number of nitrogens with zero attached hydrogens (tertiary/aromatic N) is 1. The van der Waals surface area contributed by atoms with Gasteiger partial charge in [-0.2, -0.15) is 0 Å². The van der Waals surface area contributed by atoms with E-state index >= 15 is 0 Å². The molecule has 0 radical (unpaired) electrons. The van der Waals surface area contributed by atoms with Crippen LogP contribution in [0.2, 0.25) is 0 Å². The molecule has 43 heavy (non-hydrogen) atoms. The zero-order chi connectivity index (χ0) is 30.2. The standard InChI is InChI=1S/C31H29N3O7S2/c1-3-41-30(39)14-8-10-15(11-9-14)32-26(36)13(2)34-28(37)22-17-12-18(23(22)29(34)38)24-21(17)20(16-6-4-5-7-19(16)35)25-27(42-24)33-31(40)43-25/h4-11,13,17-18,20-24,35H,3,12H2,1-2H3,(H,32,36)(H,33,40). The molecule has 4 aliphatic rings. The maximum Gasteiger partial charge on any atom is 0.338 e. The number of amides is 3. The van der Waals surface area contributed by atoms with E-state index in [2.05, 4.69) is 10.3 Å². The lowest BCUT2D eigenvalue weighted by atomic mass is 9.68. The number of aromatic hydroxyl groups is 1. The maximum absolute atomic E-state index is 14.0. The van der Waals surface area contributed by atoms with Crippen molar-refractivity contribution in [3.8, 4) is 5.75 Å². The number of thiazole rings is 1. The summed E-state index contributed by atoms with van der Waals surface area (Å²) in [5.41, 5.74) is 1.49. The number of carbonyl (C=O) groups excluding carboxylic acids is 4. The van der Waals surface area contributed by atoms with Crippen LogP contribution in [0, 0.1) is 29.6 Å². The highest BCUT2D eigenvalue weighted by Gasteiger charge is 2.70. The Morgan fingerprint density at radius 2 is 1.77 bits per heavy atom. The topological polar surface area (TPSA) is 146 Å². The number of esters is 1. The number of hydrogen-bond donors (Lipinski definition) is 3. The van der Waals surface area contributed by atoms with Crippen LogP contribution in [-0.2, 0) is 19.1 Å². The summed E-state index contributed by atoms with van der Waals surface area (Å²) in [6.07, 6.45) is 0.708. The first kappa shape index (κ1) is 27.9. The number of para-hydroxylation sites is 1. The SMILES string of the molecule is CCOC(=O)c1ccc(NC(=O)C(C)N2C(=O)C3C4CC(C3C2=O)C2C(c3ccccc3O)c3sc(=O)[nH]c3SC42)cc1. The van der Waals surface area contributed by atoms with Gasteiger partial charge >= 0.3 is 10.8 Å². The fraction of sp³-hybridized carbons (Fsp3) is 0.387. The van der Waals surface area contributed by atoms with Crippen molar-refractivity contribution in [2.24, 2.45) is 29.6 Å². The number of carbonyl (C=O) groups is 4. The van der Waals surface area contributed by atoms with Gasteiger partial charge in [0.1, 0.15) is 11.8 Å². The Labute approximate surface area is 254 Å². The molecule has 3 heterocycles. The van der Waals surface area contributed by atoms with Crippen LogP contribution in [0.4, 0.5) is 5.69 Å². The molecule has 10 nitrogen and oxygen atoms in total. The number of thioether (sulfide) groups is 1. The average Bonchev–Trinajstić information content (AvgIpc) is 3.72. The van der Waals surface area contributed by atoms with Crippen molar-refractivity contribution < 1.29 is 29.0 Å². The van der Waals surface area contributed by atoms with Crippen molar-refractivity contribution >= 4 is 52.5 Å². The zero-order valence-corrected chi connectivity index (χ0v) is 24.9. The fourth-order valence-electron chi connectivity index (χ4n) is 7.79. The van der Waals surface area contributed by atoms with Gasteiger partial charge in [0, 0.05) is 27.3 Å². The van der Waals surface area contributed by atoms with Crippen LogP contribution < -0.4 is 10.2 Å². The number of aromatic nitrogens is 1. The Kier molecular flexibility index (Phi) is 6.73. The molecule has 2 saturated carbocycles. The Morgan fingerprint density at radius 3 is 2.47 bits per heavy atom. The summed E-state index contributed by atoms with van der Waals surface area (Å²) in [6.45, 7) is 3.52. The van der Waals surface area contributed by atoms with Gasteiger partial charge in [0.2, 0.25) is 17.7 Å². The van der Waals surface area contributed by atoms with Crippen LogP contribution in [0.25, 0.3) is 0 Å². The Morgan fingerprint density at radius 1 is 1.07 bits per heavy atom. The average molecular weight is 620 g/mol. The molecule has 3 amide bonds. The van der Waals surface area contributed by atoms with Crippen LogP contribution >= 0.6 is 23.1 Å². The molecule has 12 heteroatoms. The molecule has 3 N–H and O–H groups in total. The highest BCUT2D eigenvalue weighted by atomic mass is 32.2. The smallest absolute Gasteiger partial charge is 0.338 e. The molecule has 8 atom stereocenters. The number of aromatic amines is 1. The van der Waals surface area contributed by atoms with Crippen molar-refractivity contribution in [2.75, 3.05) is 11.9 Å². The fourth-order valence-corrected chi connectivity index (χ4v) is 10.7. The van der Waals surface area contributed by atoms with Gasteiger partial charge in [0.15, 0.2) is 0 Å². The summed E-state index contributed by atoms with van der Waals surface area (Å²) < 4.78 is 4.99. The number of fused-ring (bicyclic) bond motifs is 9. The molecule has 0 spiro atoms. The lowest BCUT2D eigenvalue weighted by molar-refractivity contribution is -0.146. The van der Waals surface area contributed by atoms with Gasteiger partial charge in [-0.3, -0.25) is 24.1 Å². The normalized spacial score (nSPS) is 29.2. The van der Waals surface area contributed by atoms with Gasteiger partial charge in [-0.15, -0.1) is 11.8 Å². The van der Waals surface area contributed by atoms with Crippen molar-refractivity contribution in [3.63, 3.8) is 0 Å². The zero-order valence-electron chi connectivity index (χ0n) is 23.3. The third kappa shape index (κ3) is 4.25. The maximum atomic E-state index is 14.0. The number of likely N-dealkylation sites (tertiary alicyclic amines) is 1. The van der Waals surface area contributed by atoms with E-state index in [-0.39, 0.29) is 58.0 Å². The minimum Gasteiger partial charge on any atom is -0.508 e. The molecule has 2 bridgehead atoms. The highest BCUT2D eigenvalue weighted by molar-refractivity contribution is 8.00. The molecule has 2 aromatic carbocycles. The predicted molar refractivity (Wildman–Crippen MR) is 159 cm³/mol. The number of benzene rings is 2. The molecule has 1 saturated heterocycles. The second-order valence-corrected chi connectivity index (χ2v) is 13.7. The van der Waals surface area contributed by atoms with Gasteiger partial charge < -0.3 is 20.1 Å². The monoisotopic (exact) mass is 619 g/mol. The minimum absolute atomic E-state index is 0.0210. The lowest BCUT2D eigenvalue weighted by Gasteiger charge is -2.43. The van der Waals surface area contributed by atoms with Crippen molar-refractivity contribution in [1.82, 2.24) is 9.88 Å². The number of nitrogens with one attached hydrogen (secondary N) is 2. The van der Waals surface area contributed by atoms with Crippen LogP contribution in [0.5, 0.6) is 5.75 Å². The number of phenolic OH excluding ortho intramolecular Hbond substituents is 1. The van der Waals surface area contributed by atoms with Crippen LogP contribution in [-0.4, -0.2) is 56.6 Å². The van der Waals surface area contributed by atoms with Crippen molar-refractivity contribution in [1.29, 1.82) is 0 Å². The number of H-pyrrole nitrogens is 1. The van der Waals surface area contributed by atoms with Gasteiger partial charge in [-0.05, 0) is 68.4 Å². The van der Waals surface area contributed by atoms with E-state index in [1.165, 1.54) is 0 Å². The van der Waals surface area contributed by atoms with Crippen LogP contribution in [0.1, 0.15) is 47.0 Å². The van der Waals surface area contributed by atoms with Gasteiger partial charge in [-0.1, -0.05) is 29.5 Å². The first-order valence-corrected chi connectivity index (χ1v) is 16.0. The second kappa shape index (κ2) is 10.4. The third-order valence-corrected chi connectivity index (χ3v) is 12.0. The molecule has 2 aliphatic heterocycles. The molecule has 8 unspecified atom stereocenters. The number of rotatable bonds is 6. The second-order valence-electron chi connectivity index (χ2n) is 11.5. The number of phenols is 1. The van der Waals surface area contributed by atoms with Crippen LogP contribution in [0.3, 0.4) is 0 Å². The Bertz CT molecular complexity index is 1720. The Balaban J connectivity index is 1.15. The summed E-state index contributed by atoms with van der Waals surface area (Å²) in [5.74, 6) is -3.13. The first-order valence-electron chi connectivity index (χ1n) is 14.3. The quantitative estimate of drug-likeness (QED) is 0.279. The molecule has 2 aliphatic carbocycles. The molecular weight excluding hydrogens is 590 g/mol. The molecule has 3 fully saturated rings. The summed E-state index contributed by atoms with van der Waals surface area (Å²) in [5, 5.41) is 14.3. The summed E-state index contributed by atoms with van der Waals surface area (Å²) in [4.78, 5) is 70.2. The molecule has 3 aromatic rings. The molecular formula is C31H29N3O7S2. The van der Waals surface area contributed by atoms with Gasteiger partial charge in [-0.25, -0.2) is 4.79 Å². The summed E-state index contributed by atoms with van der Waals surface area (Å²) >= 11 is 2.71. The summed E-state index contributed by atoms with van der Waals surface area (Å²) in [6, 6.07) is 12.3. The van der Waals surface area contributed by atoms with E-state index < -0.39 is 29.8 Å². The van der Waals surface area contributed by atoms with Crippen LogP contribution in [0.15, 0.2) is 58.4 Å². The van der Waals surface area contributed by atoms with E-state index in [9.17, 15) is 29.1 Å². The lowest BCUT2D eigenvalue weighted by Crippen LogP contribution is -2.46. The predicted octanol–water partition coefficient (Wildman–Crippen LogP) is 3.82. The van der Waals surface area contributed by atoms with Crippen molar-refractivity contribution in [2.45, 2.75) is 42.5 Å². The minimum atomic E-state index is -1.03. The molecule has 1 aromatic heterocycles. The van der Waals surface area contributed by atoms with Crippen molar-refractivity contribution in [3.05, 3.63) is 74.2 Å².